The Hall–Kier alpha value is -3.74. The van der Waals surface area contributed by atoms with Crippen LogP contribution >= 0.6 is 0 Å². The monoisotopic (exact) mass is 378 g/mol. The van der Waals surface area contributed by atoms with Crippen LogP contribution in [0.1, 0.15) is 22.8 Å². The molecular formula is C21H19FN4O2. The second-order valence-electron chi connectivity index (χ2n) is 6.15. The van der Waals surface area contributed by atoms with E-state index in [2.05, 4.69) is 20.9 Å². The van der Waals surface area contributed by atoms with Crippen molar-refractivity contribution in [2.24, 2.45) is 0 Å². The summed E-state index contributed by atoms with van der Waals surface area (Å²) in [7, 11) is 0. The van der Waals surface area contributed by atoms with E-state index in [9.17, 15) is 14.0 Å². The topological polar surface area (TPSA) is 83.1 Å². The SMILES string of the molecule is CC(=O)Nc1ccc(NC(=O)c2cncc(NCc3ccc(F)cc3)c2)cc1. The van der Waals surface area contributed by atoms with Crippen molar-refractivity contribution in [3.8, 4) is 0 Å². The average Bonchev–Trinajstić information content (AvgIpc) is 2.69. The van der Waals surface area contributed by atoms with Crippen LogP contribution in [0.3, 0.4) is 0 Å². The number of carbonyl (C=O) groups excluding carboxylic acids is 2. The van der Waals surface area contributed by atoms with Gasteiger partial charge in [0.15, 0.2) is 0 Å². The summed E-state index contributed by atoms with van der Waals surface area (Å²) < 4.78 is 13.0. The largest absolute Gasteiger partial charge is 0.380 e. The number of pyridine rings is 1. The molecule has 0 aliphatic carbocycles. The Labute approximate surface area is 161 Å². The molecule has 0 unspecified atom stereocenters. The number of halogens is 1. The van der Waals surface area contributed by atoms with Crippen LogP contribution in [-0.2, 0) is 11.3 Å². The third-order valence-electron chi connectivity index (χ3n) is 3.87. The lowest BCUT2D eigenvalue weighted by molar-refractivity contribution is -0.114. The molecule has 28 heavy (non-hydrogen) atoms. The smallest absolute Gasteiger partial charge is 0.257 e. The Morgan fingerprint density at radius 2 is 1.54 bits per heavy atom. The molecule has 1 heterocycles. The van der Waals surface area contributed by atoms with Crippen LogP contribution in [0, 0.1) is 5.82 Å². The number of anilines is 3. The lowest BCUT2D eigenvalue weighted by atomic mass is 10.2. The third kappa shape index (κ3) is 5.38. The molecule has 1 aromatic heterocycles. The molecule has 0 saturated heterocycles. The van der Waals surface area contributed by atoms with E-state index in [0.717, 1.165) is 5.56 Å². The van der Waals surface area contributed by atoms with Crippen molar-refractivity contribution in [2.75, 3.05) is 16.0 Å². The molecule has 0 bridgehead atoms. The summed E-state index contributed by atoms with van der Waals surface area (Å²) in [5.41, 5.74) is 3.24. The zero-order valence-electron chi connectivity index (χ0n) is 15.2. The maximum atomic E-state index is 13.0. The molecular weight excluding hydrogens is 359 g/mol. The van der Waals surface area contributed by atoms with Gasteiger partial charge in [0, 0.05) is 37.2 Å². The van der Waals surface area contributed by atoms with Gasteiger partial charge in [-0.25, -0.2) is 4.39 Å². The van der Waals surface area contributed by atoms with Gasteiger partial charge in [0.2, 0.25) is 5.91 Å². The van der Waals surface area contributed by atoms with Gasteiger partial charge in [0.25, 0.3) is 5.91 Å². The highest BCUT2D eigenvalue weighted by Crippen LogP contribution is 2.16. The van der Waals surface area contributed by atoms with E-state index >= 15 is 0 Å². The first-order chi connectivity index (χ1) is 13.5. The van der Waals surface area contributed by atoms with Gasteiger partial charge < -0.3 is 16.0 Å². The van der Waals surface area contributed by atoms with E-state index in [4.69, 9.17) is 0 Å². The normalized spacial score (nSPS) is 10.2. The Balaban J connectivity index is 1.61. The second kappa shape index (κ2) is 8.77. The minimum Gasteiger partial charge on any atom is -0.380 e. The van der Waals surface area contributed by atoms with Crippen molar-refractivity contribution < 1.29 is 14.0 Å². The van der Waals surface area contributed by atoms with Crippen molar-refractivity contribution in [2.45, 2.75) is 13.5 Å². The fourth-order valence-electron chi connectivity index (χ4n) is 2.51. The first-order valence-electron chi connectivity index (χ1n) is 8.62. The standard InChI is InChI=1S/C21H19FN4O2/c1-14(27)25-18-6-8-19(9-7-18)26-21(28)16-10-20(13-23-12-16)24-11-15-2-4-17(22)5-3-15/h2-10,12-13,24H,11H2,1H3,(H,25,27)(H,26,28). The molecule has 7 heteroatoms. The highest BCUT2D eigenvalue weighted by atomic mass is 19.1. The fourth-order valence-corrected chi connectivity index (χ4v) is 2.51. The van der Waals surface area contributed by atoms with E-state index < -0.39 is 0 Å². The van der Waals surface area contributed by atoms with Crippen molar-refractivity contribution >= 4 is 28.9 Å². The predicted octanol–water partition coefficient (Wildman–Crippen LogP) is 4.04. The Morgan fingerprint density at radius 1 is 0.893 bits per heavy atom. The molecule has 0 fully saturated rings. The summed E-state index contributed by atoms with van der Waals surface area (Å²) in [6.45, 7) is 1.91. The van der Waals surface area contributed by atoms with Crippen LogP contribution in [-0.4, -0.2) is 16.8 Å². The van der Waals surface area contributed by atoms with Crippen LogP contribution in [0.25, 0.3) is 0 Å². The van der Waals surface area contributed by atoms with Gasteiger partial charge in [-0.1, -0.05) is 12.1 Å². The van der Waals surface area contributed by atoms with Gasteiger partial charge in [-0.05, 0) is 48.0 Å². The van der Waals surface area contributed by atoms with Gasteiger partial charge >= 0.3 is 0 Å². The number of benzene rings is 2. The number of nitrogens with one attached hydrogen (secondary N) is 3. The van der Waals surface area contributed by atoms with Crippen LogP contribution in [0.2, 0.25) is 0 Å². The number of rotatable bonds is 6. The van der Waals surface area contributed by atoms with Crippen molar-refractivity contribution in [3.63, 3.8) is 0 Å². The van der Waals surface area contributed by atoms with Crippen LogP contribution < -0.4 is 16.0 Å². The molecule has 0 aliphatic heterocycles. The zero-order chi connectivity index (χ0) is 19.9. The molecule has 0 aliphatic rings. The summed E-state index contributed by atoms with van der Waals surface area (Å²) in [4.78, 5) is 27.6. The minimum absolute atomic E-state index is 0.159. The van der Waals surface area contributed by atoms with E-state index in [1.807, 2.05) is 0 Å². The first-order valence-corrected chi connectivity index (χ1v) is 8.62. The van der Waals surface area contributed by atoms with Crippen molar-refractivity contribution in [1.82, 2.24) is 4.98 Å². The van der Waals surface area contributed by atoms with Crippen molar-refractivity contribution in [3.05, 3.63) is 83.9 Å². The summed E-state index contributed by atoms with van der Waals surface area (Å²) in [6, 6.07) is 14.7. The molecule has 142 valence electrons. The van der Waals surface area contributed by atoms with E-state index in [1.54, 1.807) is 48.7 Å². The predicted molar refractivity (Wildman–Crippen MR) is 107 cm³/mol. The summed E-state index contributed by atoms with van der Waals surface area (Å²) in [5, 5.41) is 8.61. The molecule has 0 saturated carbocycles. The summed E-state index contributed by atoms with van der Waals surface area (Å²) in [5.74, 6) is -0.743. The maximum absolute atomic E-state index is 13.0. The number of carbonyl (C=O) groups is 2. The average molecular weight is 378 g/mol. The van der Waals surface area contributed by atoms with Gasteiger partial charge in [0.1, 0.15) is 5.82 Å². The van der Waals surface area contributed by atoms with E-state index in [-0.39, 0.29) is 17.6 Å². The molecule has 0 atom stereocenters. The van der Waals surface area contributed by atoms with Crippen LogP contribution in [0.4, 0.5) is 21.5 Å². The Morgan fingerprint density at radius 3 is 2.18 bits per heavy atom. The second-order valence-corrected chi connectivity index (χ2v) is 6.15. The maximum Gasteiger partial charge on any atom is 0.257 e. The zero-order valence-corrected chi connectivity index (χ0v) is 15.2. The van der Waals surface area contributed by atoms with E-state index in [1.165, 1.54) is 25.3 Å². The number of hydrogen-bond donors (Lipinski definition) is 3. The number of nitrogens with zero attached hydrogens (tertiary/aromatic N) is 1. The summed E-state index contributed by atoms with van der Waals surface area (Å²) in [6.07, 6.45) is 3.09. The molecule has 0 spiro atoms. The van der Waals surface area contributed by atoms with Gasteiger partial charge in [-0.2, -0.15) is 0 Å². The number of amides is 2. The molecule has 3 N–H and O–H groups in total. The quantitative estimate of drug-likeness (QED) is 0.604. The Bertz CT molecular complexity index is 972. The highest BCUT2D eigenvalue weighted by molar-refractivity contribution is 6.04. The lowest BCUT2D eigenvalue weighted by Gasteiger charge is -2.09. The van der Waals surface area contributed by atoms with Gasteiger partial charge in [-0.15, -0.1) is 0 Å². The minimum atomic E-state index is -0.301. The third-order valence-corrected chi connectivity index (χ3v) is 3.87. The van der Waals surface area contributed by atoms with E-state index in [0.29, 0.717) is 29.2 Å². The van der Waals surface area contributed by atoms with Crippen LogP contribution in [0.15, 0.2) is 67.0 Å². The lowest BCUT2D eigenvalue weighted by Crippen LogP contribution is -2.13. The molecule has 0 radical (unpaired) electrons. The Kier molecular flexibility index (Phi) is 5.96. The van der Waals surface area contributed by atoms with Gasteiger partial charge in [-0.3, -0.25) is 14.6 Å². The number of hydrogen-bond acceptors (Lipinski definition) is 4. The number of aromatic nitrogens is 1. The summed E-state index contributed by atoms with van der Waals surface area (Å²) >= 11 is 0. The van der Waals surface area contributed by atoms with Gasteiger partial charge in [0.05, 0.1) is 11.3 Å². The fraction of sp³-hybridized carbons (Fsp3) is 0.0952. The molecule has 3 aromatic rings. The highest BCUT2D eigenvalue weighted by Gasteiger charge is 2.08. The molecule has 3 rings (SSSR count). The first kappa shape index (κ1) is 19.0. The molecule has 2 amide bonds. The van der Waals surface area contributed by atoms with Crippen LogP contribution in [0.5, 0.6) is 0 Å². The molecule has 2 aromatic carbocycles. The van der Waals surface area contributed by atoms with Crippen molar-refractivity contribution in [1.29, 1.82) is 0 Å². The molecule has 6 nitrogen and oxygen atoms in total.